The minimum absolute atomic E-state index is 0.132. The van der Waals surface area contributed by atoms with Crippen LogP contribution in [0.15, 0.2) is 58.8 Å². The standard InChI is InChI=1S/C24H21Cl3N2O3S2/c25-15-1-6-18(7-2-15)34(31,32)29(17-4-5-17)14-23(30)28-11-9-22-20(10-12-33-22)24(28)19-8-3-16(26)13-21(19)27/h1-3,6-8,10,12-13,17,24H,4-5,9,11,14H2. The molecule has 1 aromatic heterocycles. The quantitative estimate of drug-likeness (QED) is 0.373. The molecule has 1 amide bonds. The van der Waals surface area contributed by atoms with Crippen molar-refractivity contribution in [3.8, 4) is 0 Å². The molecule has 10 heteroatoms. The molecule has 2 aromatic carbocycles. The van der Waals surface area contributed by atoms with Crippen molar-refractivity contribution >= 4 is 62.1 Å². The van der Waals surface area contributed by atoms with Gasteiger partial charge in [-0.05, 0) is 78.2 Å². The fourth-order valence-electron chi connectivity index (χ4n) is 4.38. The Bertz CT molecular complexity index is 1340. The van der Waals surface area contributed by atoms with Gasteiger partial charge in [0.2, 0.25) is 15.9 Å². The lowest BCUT2D eigenvalue weighted by molar-refractivity contribution is -0.133. The van der Waals surface area contributed by atoms with E-state index in [4.69, 9.17) is 34.8 Å². The van der Waals surface area contributed by atoms with Gasteiger partial charge in [0, 0.05) is 32.5 Å². The highest BCUT2D eigenvalue weighted by Crippen LogP contribution is 2.41. The van der Waals surface area contributed by atoms with Crippen LogP contribution in [0.2, 0.25) is 15.1 Å². The molecule has 1 fully saturated rings. The third-order valence-corrected chi connectivity index (χ3v) is 9.93. The maximum absolute atomic E-state index is 13.7. The maximum atomic E-state index is 13.7. The number of rotatable bonds is 6. The van der Waals surface area contributed by atoms with Crippen molar-refractivity contribution in [1.82, 2.24) is 9.21 Å². The fourth-order valence-corrected chi connectivity index (χ4v) is 7.56. The van der Waals surface area contributed by atoms with Gasteiger partial charge < -0.3 is 4.90 Å². The number of fused-ring (bicyclic) bond motifs is 1. The predicted molar refractivity (Wildman–Crippen MR) is 136 cm³/mol. The normalized spacial score (nSPS) is 18.2. The molecule has 0 spiro atoms. The number of sulfonamides is 1. The topological polar surface area (TPSA) is 57.7 Å². The highest BCUT2D eigenvalue weighted by atomic mass is 35.5. The summed E-state index contributed by atoms with van der Waals surface area (Å²) >= 11 is 20.3. The second-order valence-electron chi connectivity index (χ2n) is 8.44. The lowest BCUT2D eigenvalue weighted by Gasteiger charge is -2.38. The zero-order valence-electron chi connectivity index (χ0n) is 18.0. The zero-order valence-corrected chi connectivity index (χ0v) is 21.9. The monoisotopic (exact) mass is 554 g/mol. The molecule has 34 heavy (non-hydrogen) atoms. The minimum Gasteiger partial charge on any atom is -0.330 e. The number of nitrogens with zero attached hydrogens (tertiary/aromatic N) is 2. The zero-order chi connectivity index (χ0) is 24.0. The number of thiophene rings is 1. The number of carbonyl (C=O) groups is 1. The molecular formula is C24H21Cl3N2O3S2. The second-order valence-corrected chi connectivity index (χ2v) is 12.6. The van der Waals surface area contributed by atoms with Gasteiger partial charge in [-0.25, -0.2) is 8.42 Å². The summed E-state index contributed by atoms with van der Waals surface area (Å²) in [6, 6.07) is 12.7. The third-order valence-electron chi connectivity index (χ3n) is 6.21. The first-order valence-corrected chi connectivity index (χ1v) is 14.3. The summed E-state index contributed by atoms with van der Waals surface area (Å²) in [5.74, 6) is -0.252. The molecule has 1 aliphatic carbocycles. The predicted octanol–water partition coefficient (Wildman–Crippen LogP) is 6.04. The Kier molecular flexibility index (Phi) is 6.70. The molecular weight excluding hydrogens is 535 g/mol. The lowest BCUT2D eigenvalue weighted by Crippen LogP contribution is -2.47. The highest BCUT2D eigenvalue weighted by molar-refractivity contribution is 7.89. The van der Waals surface area contributed by atoms with Gasteiger partial charge in [0.05, 0.1) is 17.5 Å². The number of amides is 1. The van der Waals surface area contributed by atoms with E-state index in [9.17, 15) is 13.2 Å². The van der Waals surface area contributed by atoms with E-state index in [0.29, 0.717) is 28.0 Å². The van der Waals surface area contributed by atoms with Crippen LogP contribution in [0.1, 0.15) is 34.9 Å². The molecule has 1 aliphatic heterocycles. The largest absolute Gasteiger partial charge is 0.330 e. The van der Waals surface area contributed by atoms with Crippen LogP contribution in [-0.4, -0.2) is 42.7 Å². The van der Waals surface area contributed by atoms with Gasteiger partial charge in [-0.3, -0.25) is 4.79 Å². The Labute approximate surface area is 217 Å². The van der Waals surface area contributed by atoms with Gasteiger partial charge in [-0.1, -0.05) is 40.9 Å². The van der Waals surface area contributed by atoms with E-state index in [1.807, 2.05) is 17.5 Å². The SMILES string of the molecule is O=C(CN(C1CC1)S(=O)(=O)c1ccc(Cl)cc1)N1CCc2sccc2C1c1ccc(Cl)cc1Cl. The first-order chi connectivity index (χ1) is 16.3. The van der Waals surface area contributed by atoms with Crippen LogP contribution < -0.4 is 0 Å². The molecule has 0 saturated heterocycles. The minimum atomic E-state index is -3.85. The van der Waals surface area contributed by atoms with E-state index in [1.54, 1.807) is 40.5 Å². The van der Waals surface area contributed by atoms with Crippen LogP contribution in [-0.2, 0) is 21.2 Å². The average Bonchev–Trinajstić information content (AvgIpc) is 3.52. The molecule has 0 bridgehead atoms. The molecule has 0 N–H and O–H groups in total. The molecule has 3 aromatic rings. The van der Waals surface area contributed by atoms with E-state index >= 15 is 0 Å². The van der Waals surface area contributed by atoms with Crippen LogP contribution in [0.4, 0.5) is 0 Å². The number of hydrogen-bond acceptors (Lipinski definition) is 4. The molecule has 5 rings (SSSR count). The molecule has 178 valence electrons. The average molecular weight is 556 g/mol. The van der Waals surface area contributed by atoms with Crippen molar-refractivity contribution < 1.29 is 13.2 Å². The highest BCUT2D eigenvalue weighted by Gasteiger charge is 2.42. The summed E-state index contributed by atoms with van der Waals surface area (Å²) in [6.07, 6.45) is 2.19. The number of halogens is 3. The van der Waals surface area contributed by atoms with Crippen LogP contribution >= 0.6 is 46.1 Å². The van der Waals surface area contributed by atoms with E-state index in [-0.39, 0.29) is 23.4 Å². The first kappa shape index (κ1) is 24.1. The van der Waals surface area contributed by atoms with Crippen molar-refractivity contribution in [2.75, 3.05) is 13.1 Å². The number of benzene rings is 2. The van der Waals surface area contributed by atoms with Crippen LogP contribution in [0, 0.1) is 0 Å². The van der Waals surface area contributed by atoms with Crippen LogP contribution in [0.25, 0.3) is 0 Å². The Morgan fingerprint density at radius 2 is 1.71 bits per heavy atom. The van der Waals surface area contributed by atoms with Crippen molar-refractivity contribution in [2.24, 2.45) is 0 Å². The number of hydrogen-bond donors (Lipinski definition) is 0. The van der Waals surface area contributed by atoms with E-state index in [0.717, 1.165) is 24.0 Å². The first-order valence-electron chi connectivity index (χ1n) is 10.8. The van der Waals surface area contributed by atoms with Crippen molar-refractivity contribution in [1.29, 1.82) is 0 Å². The van der Waals surface area contributed by atoms with Gasteiger partial charge in [0.15, 0.2) is 0 Å². The van der Waals surface area contributed by atoms with Gasteiger partial charge in [0.1, 0.15) is 0 Å². The summed E-state index contributed by atoms with van der Waals surface area (Å²) < 4.78 is 28.2. The van der Waals surface area contributed by atoms with Gasteiger partial charge in [-0.2, -0.15) is 4.31 Å². The summed E-state index contributed by atoms with van der Waals surface area (Å²) in [6.45, 7) is 0.256. The lowest BCUT2D eigenvalue weighted by atomic mass is 9.93. The maximum Gasteiger partial charge on any atom is 0.243 e. The van der Waals surface area contributed by atoms with Gasteiger partial charge >= 0.3 is 0 Å². The Morgan fingerprint density at radius 1 is 1.00 bits per heavy atom. The van der Waals surface area contributed by atoms with Crippen LogP contribution in [0.5, 0.6) is 0 Å². The van der Waals surface area contributed by atoms with Crippen molar-refractivity contribution in [2.45, 2.75) is 36.2 Å². The third kappa shape index (κ3) is 4.62. The van der Waals surface area contributed by atoms with E-state index in [2.05, 4.69) is 0 Å². The Hall–Kier alpha value is -1.61. The molecule has 2 aliphatic rings. The molecule has 1 unspecified atom stereocenters. The number of carbonyl (C=O) groups excluding carboxylic acids is 1. The summed E-state index contributed by atoms with van der Waals surface area (Å²) in [4.78, 5) is 16.8. The van der Waals surface area contributed by atoms with Crippen LogP contribution in [0.3, 0.4) is 0 Å². The molecule has 1 saturated carbocycles. The molecule has 0 radical (unpaired) electrons. The van der Waals surface area contributed by atoms with Gasteiger partial charge in [0.25, 0.3) is 0 Å². The molecule has 5 nitrogen and oxygen atoms in total. The summed E-state index contributed by atoms with van der Waals surface area (Å²) in [7, 11) is -3.85. The van der Waals surface area contributed by atoms with Crippen molar-refractivity contribution in [3.05, 3.63) is 85.0 Å². The summed E-state index contributed by atoms with van der Waals surface area (Å²) in [5.41, 5.74) is 1.80. The Morgan fingerprint density at radius 3 is 2.38 bits per heavy atom. The molecule has 1 atom stereocenters. The second kappa shape index (κ2) is 9.45. The molecule has 2 heterocycles. The smallest absolute Gasteiger partial charge is 0.243 e. The van der Waals surface area contributed by atoms with E-state index in [1.165, 1.54) is 21.3 Å². The fraction of sp³-hybridized carbons (Fsp3) is 0.292. The van der Waals surface area contributed by atoms with Gasteiger partial charge in [-0.15, -0.1) is 11.3 Å². The Balaban J connectivity index is 1.48. The van der Waals surface area contributed by atoms with E-state index < -0.39 is 16.1 Å². The van der Waals surface area contributed by atoms with Crippen molar-refractivity contribution in [3.63, 3.8) is 0 Å². The summed E-state index contributed by atoms with van der Waals surface area (Å²) in [5, 5.41) is 3.46.